The molecule has 104 valence electrons. The summed E-state index contributed by atoms with van der Waals surface area (Å²) in [6, 6.07) is 1.51. The maximum Gasteiger partial charge on any atom is 0.509 e. The van der Waals surface area contributed by atoms with Gasteiger partial charge in [-0.15, -0.1) is 9.35 Å². The van der Waals surface area contributed by atoms with Gasteiger partial charge in [0.15, 0.2) is 0 Å². The lowest BCUT2D eigenvalue weighted by Crippen LogP contribution is -2.36. The zero-order chi connectivity index (χ0) is 14.8. The van der Waals surface area contributed by atoms with E-state index in [2.05, 4.69) is 10.0 Å². The van der Waals surface area contributed by atoms with Crippen molar-refractivity contribution in [2.24, 2.45) is 5.11 Å². The van der Waals surface area contributed by atoms with E-state index in [1.165, 1.54) is 0 Å². The van der Waals surface area contributed by atoms with Crippen LogP contribution in [-0.4, -0.2) is 15.4 Å². The number of rotatable bonds is 4. The van der Waals surface area contributed by atoms with Crippen molar-refractivity contribution in [1.82, 2.24) is 0 Å². The van der Waals surface area contributed by atoms with E-state index in [0.717, 1.165) is 13.0 Å². The molecule has 0 saturated carbocycles. The largest absolute Gasteiger partial charge is 0.509 e. The maximum atomic E-state index is 12.8. The Kier molecular flexibility index (Phi) is 4.11. The van der Waals surface area contributed by atoms with Crippen LogP contribution >= 0.6 is 0 Å². The van der Waals surface area contributed by atoms with Crippen molar-refractivity contribution in [2.75, 3.05) is 0 Å². The quantitative estimate of drug-likeness (QED) is 0.214. The highest BCUT2D eigenvalue weighted by Gasteiger charge is 2.29. The summed E-state index contributed by atoms with van der Waals surface area (Å²) in [5, 5.41) is 2.99. The van der Waals surface area contributed by atoms with Gasteiger partial charge in [0.25, 0.3) is 0 Å². The highest BCUT2D eigenvalue weighted by atomic mass is 32.3. The van der Waals surface area contributed by atoms with Crippen molar-refractivity contribution in [3.8, 4) is 0 Å². The SMILES string of the molecule is Cc1c(CS(=O)(=O)F)cc(N=[N+]=[N-])cc1[B-](F)(F)F. The summed E-state index contributed by atoms with van der Waals surface area (Å²) in [6.07, 6.45) is 0. The van der Waals surface area contributed by atoms with E-state index in [1.807, 2.05) is 0 Å². The van der Waals surface area contributed by atoms with Crippen LogP contribution < -0.4 is 5.46 Å². The molecule has 1 aromatic carbocycles. The molecule has 0 aliphatic rings. The van der Waals surface area contributed by atoms with Crippen LogP contribution in [0.4, 0.5) is 22.5 Å². The van der Waals surface area contributed by atoms with Crippen molar-refractivity contribution in [3.05, 3.63) is 33.7 Å². The number of hydrogen-bond acceptors (Lipinski definition) is 3. The third-order valence-electron chi connectivity index (χ3n) is 2.38. The van der Waals surface area contributed by atoms with E-state index in [0.29, 0.717) is 6.07 Å². The summed E-state index contributed by atoms with van der Waals surface area (Å²) in [5.74, 6) is -1.20. The molecule has 1 rings (SSSR count). The first-order valence-corrected chi connectivity index (χ1v) is 6.40. The fourth-order valence-electron chi connectivity index (χ4n) is 1.57. The molecule has 19 heavy (non-hydrogen) atoms. The van der Waals surface area contributed by atoms with E-state index in [1.54, 1.807) is 0 Å². The van der Waals surface area contributed by atoms with Crippen LogP contribution in [0.15, 0.2) is 17.2 Å². The van der Waals surface area contributed by atoms with Gasteiger partial charge in [0.1, 0.15) is 5.75 Å². The number of hydrogen-bond donors (Lipinski definition) is 0. The Hall–Kier alpha value is -1.74. The molecule has 1 aromatic rings. The molecule has 0 aliphatic carbocycles. The highest BCUT2D eigenvalue weighted by Crippen LogP contribution is 2.23. The molecule has 0 amide bonds. The van der Waals surface area contributed by atoms with Gasteiger partial charge in [-0.1, -0.05) is 16.7 Å². The van der Waals surface area contributed by atoms with Gasteiger partial charge in [-0.05, 0) is 24.1 Å². The number of halogens is 4. The lowest BCUT2D eigenvalue weighted by molar-refractivity contribution is 0.500. The Morgan fingerprint density at radius 1 is 1.37 bits per heavy atom. The van der Waals surface area contributed by atoms with E-state index in [9.17, 15) is 25.3 Å². The Balaban J connectivity index is 3.54. The second-order valence-corrected chi connectivity index (χ2v) is 5.13. The van der Waals surface area contributed by atoms with Gasteiger partial charge in [-0.3, -0.25) is 0 Å². The molecule has 0 saturated heterocycles. The third-order valence-corrected chi connectivity index (χ3v) is 3.04. The average Bonchev–Trinajstić information content (AvgIpc) is 2.19. The molecule has 0 unspecified atom stereocenters. The summed E-state index contributed by atoms with van der Waals surface area (Å²) in [7, 11) is -4.99. The van der Waals surface area contributed by atoms with E-state index >= 15 is 0 Å². The minimum atomic E-state index is -5.43. The summed E-state index contributed by atoms with van der Waals surface area (Å²) >= 11 is 0. The topological polar surface area (TPSA) is 82.9 Å². The van der Waals surface area contributed by atoms with Crippen LogP contribution in [0.25, 0.3) is 10.4 Å². The van der Waals surface area contributed by atoms with Crippen LogP contribution in [0, 0.1) is 6.92 Å². The Morgan fingerprint density at radius 3 is 2.37 bits per heavy atom. The van der Waals surface area contributed by atoms with E-state index < -0.39 is 39.7 Å². The molecule has 0 radical (unpaired) electrons. The molecular formula is C8H7BF4N3O2S-. The minimum absolute atomic E-state index is 0.387. The lowest BCUT2D eigenvalue weighted by Gasteiger charge is -2.20. The number of azide groups is 1. The first-order valence-electron chi connectivity index (χ1n) is 4.85. The predicted molar refractivity (Wildman–Crippen MR) is 62.4 cm³/mol. The van der Waals surface area contributed by atoms with Crippen molar-refractivity contribution >= 4 is 28.4 Å². The number of benzene rings is 1. The molecule has 0 aliphatic heterocycles. The smallest absolute Gasteiger partial charge is 0.445 e. The third kappa shape index (κ3) is 4.14. The van der Waals surface area contributed by atoms with Gasteiger partial charge in [-0.2, -0.15) is 8.42 Å². The van der Waals surface area contributed by atoms with E-state index in [4.69, 9.17) is 5.53 Å². The fourth-order valence-corrected chi connectivity index (χ4v) is 2.24. The Bertz CT molecular complexity index is 653. The minimum Gasteiger partial charge on any atom is -0.445 e. The summed E-state index contributed by atoms with van der Waals surface area (Å²) < 4.78 is 72.0. The molecule has 0 aromatic heterocycles. The Morgan fingerprint density at radius 2 is 1.95 bits per heavy atom. The normalized spacial score (nSPS) is 12.1. The van der Waals surface area contributed by atoms with Crippen molar-refractivity contribution in [1.29, 1.82) is 0 Å². The van der Waals surface area contributed by atoms with Gasteiger partial charge in [-0.25, -0.2) is 0 Å². The number of nitrogens with zero attached hydrogens (tertiary/aromatic N) is 3. The highest BCUT2D eigenvalue weighted by molar-refractivity contribution is 7.85. The molecule has 0 spiro atoms. The maximum absolute atomic E-state index is 12.8. The molecule has 5 nitrogen and oxygen atoms in total. The van der Waals surface area contributed by atoms with Gasteiger partial charge in [0.2, 0.25) is 0 Å². The molecule has 0 N–H and O–H groups in total. The van der Waals surface area contributed by atoms with Crippen LogP contribution in [0.1, 0.15) is 11.1 Å². The lowest BCUT2D eigenvalue weighted by atomic mass is 9.75. The molecule has 11 heteroatoms. The zero-order valence-electron chi connectivity index (χ0n) is 9.52. The molecule has 0 fully saturated rings. The summed E-state index contributed by atoms with van der Waals surface area (Å²) in [6.45, 7) is -4.40. The van der Waals surface area contributed by atoms with E-state index in [-0.39, 0.29) is 5.56 Å². The van der Waals surface area contributed by atoms with Crippen LogP contribution in [-0.2, 0) is 16.0 Å². The van der Waals surface area contributed by atoms with Crippen LogP contribution in [0.2, 0.25) is 0 Å². The predicted octanol–water partition coefficient (Wildman–Crippen LogP) is 2.79. The van der Waals surface area contributed by atoms with Crippen LogP contribution in [0.5, 0.6) is 0 Å². The van der Waals surface area contributed by atoms with Gasteiger partial charge in [0.05, 0.1) is 0 Å². The second kappa shape index (κ2) is 5.10. The van der Waals surface area contributed by atoms with Crippen molar-refractivity contribution in [2.45, 2.75) is 12.7 Å². The summed E-state index contributed by atoms with van der Waals surface area (Å²) in [5.41, 5.74) is 5.89. The summed E-state index contributed by atoms with van der Waals surface area (Å²) in [4.78, 5) is 2.32. The van der Waals surface area contributed by atoms with Gasteiger partial charge in [0, 0.05) is 10.6 Å². The van der Waals surface area contributed by atoms with Crippen molar-refractivity contribution < 1.29 is 25.3 Å². The molecule has 0 bridgehead atoms. The molecule has 0 atom stereocenters. The monoisotopic (exact) mass is 296 g/mol. The van der Waals surface area contributed by atoms with Crippen molar-refractivity contribution in [3.63, 3.8) is 0 Å². The standard InChI is InChI=1S/C8H7BF4N3O2S/c1-5-6(4-19(13,17)18)2-7(15-16-14)3-8(5)9(10,11)12/h2-3H,4H2,1H3/q-1. The van der Waals surface area contributed by atoms with Gasteiger partial charge >= 0.3 is 17.2 Å². The second-order valence-electron chi connectivity index (χ2n) is 3.77. The van der Waals surface area contributed by atoms with Gasteiger partial charge < -0.3 is 12.9 Å². The first kappa shape index (κ1) is 15.3. The molecular weight excluding hydrogens is 289 g/mol. The first-order chi connectivity index (χ1) is 8.54. The molecule has 0 heterocycles. The fraction of sp³-hybridized carbons (Fsp3) is 0.250. The van der Waals surface area contributed by atoms with Crippen LogP contribution in [0.3, 0.4) is 0 Å². The zero-order valence-corrected chi connectivity index (χ0v) is 10.3. The average molecular weight is 296 g/mol. The Labute approximate surface area is 106 Å².